The van der Waals surface area contributed by atoms with Crippen LogP contribution >= 0.6 is 0 Å². The zero-order chi connectivity index (χ0) is 14.9. The van der Waals surface area contributed by atoms with Gasteiger partial charge in [-0.25, -0.2) is 0 Å². The van der Waals surface area contributed by atoms with E-state index in [1.165, 1.54) is 0 Å². The Morgan fingerprint density at radius 2 is 2.15 bits per heavy atom. The number of amides is 1. The zero-order valence-electron chi connectivity index (χ0n) is 12.0. The van der Waals surface area contributed by atoms with Gasteiger partial charge in [-0.15, -0.1) is 0 Å². The first-order chi connectivity index (χ1) is 9.41. The number of carbonyl (C=O) groups excluding carboxylic acids is 1. The molecule has 1 N–H and O–H groups in total. The minimum atomic E-state index is -0.826. The summed E-state index contributed by atoms with van der Waals surface area (Å²) in [5.41, 5.74) is 1.53. The molecule has 0 aliphatic carbocycles. The Hall–Kier alpha value is -1.85. The van der Waals surface area contributed by atoms with Crippen molar-refractivity contribution in [1.82, 2.24) is 10.1 Å². The molecule has 1 fully saturated rings. The summed E-state index contributed by atoms with van der Waals surface area (Å²) in [6.07, 6.45) is 1.37. The van der Waals surface area contributed by atoms with Gasteiger partial charge >= 0.3 is 5.97 Å². The van der Waals surface area contributed by atoms with Crippen LogP contribution in [0.3, 0.4) is 0 Å². The molecule has 0 spiro atoms. The molecule has 1 amide bonds. The number of hydrogen-bond donors (Lipinski definition) is 1. The average molecular weight is 280 g/mol. The number of carboxylic acid groups (broad SMARTS) is 1. The first-order valence-corrected chi connectivity index (χ1v) is 6.86. The van der Waals surface area contributed by atoms with E-state index in [4.69, 9.17) is 9.63 Å². The number of nitrogens with zero attached hydrogens (tertiary/aromatic N) is 2. The zero-order valence-corrected chi connectivity index (χ0v) is 12.0. The Labute approximate surface area is 117 Å². The largest absolute Gasteiger partial charge is 0.481 e. The van der Waals surface area contributed by atoms with Gasteiger partial charge in [-0.05, 0) is 33.6 Å². The van der Waals surface area contributed by atoms with E-state index in [0.717, 1.165) is 17.7 Å². The smallest absolute Gasteiger partial charge is 0.308 e. The van der Waals surface area contributed by atoms with Crippen LogP contribution in [0.2, 0.25) is 0 Å². The number of likely N-dealkylation sites (tertiary alicyclic amines) is 1. The molecule has 1 aromatic rings. The summed E-state index contributed by atoms with van der Waals surface area (Å²) in [5.74, 6) is -1.04. The van der Waals surface area contributed by atoms with E-state index in [2.05, 4.69) is 5.16 Å². The van der Waals surface area contributed by atoms with E-state index >= 15 is 0 Å². The lowest BCUT2D eigenvalue weighted by atomic mass is 9.94. The van der Waals surface area contributed by atoms with Crippen LogP contribution in [0.15, 0.2) is 4.52 Å². The molecule has 1 aliphatic rings. The molecular weight excluding hydrogens is 260 g/mol. The Bertz CT molecular complexity index is 504. The number of piperidine rings is 1. The molecule has 0 bridgehead atoms. The third-order valence-corrected chi connectivity index (χ3v) is 3.97. The Kier molecular flexibility index (Phi) is 4.11. The van der Waals surface area contributed by atoms with Crippen LogP contribution in [-0.4, -0.2) is 40.1 Å². The van der Waals surface area contributed by atoms with Crippen molar-refractivity contribution >= 4 is 11.9 Å². The molecule has 2 rings (SSSR count). The second-order valence-electron chi connectivity index (χ2n) is 5.42. The standard InChI is InChI=1S/C14H20N2O4/c1-8(12-9(2)15-20-10(12)3)13(17)16-6-4-5-11(7-16)14(18)19/h8,11H,4-7H2,1-3H3,(H,18,19)/t8-,11-/m1/s1. The summed E-state index contributed by atoms with van der Waals surface area (Å²) in [6.45, 7) is 6.33. The van der Waals surface area contributed by atoms with Crippen LogP contribution < -0.4 is 0 Å². The number of carbonyl (C=O) groups is 2. The van der Waals surface area contributed by atoms with Crippen molar-refractivity contribution in [2.45, 2.75) is 39.5 Å². The van der Waals surface area contributed by atoms with Crippen molar-refractivity contribution in [3.63, 3.8) is 0 Å². The molecular formula is C14H20N2O4. The molecule has 2 atom stereocenters. The fourth-order valence-corrected chi connectivity index (χ4v) is 2.88. The predicted molar refractivity (Wildman–Crippen MR) is 71.3 cm³/mol. The number of rotatable bonds is 3. The van der Waals surface area contributed by atoms with E-state index in [-0.39, 0.29) is 11.8 Å². The minimum Gasteiger partial charge on any atom is -0.481 e. The van der Waals surface area contributed by atoms with E-state index in [0.29, 0.717) is 25.3 Å². The van der Waals surface area contributed by atoms with E-state index in [1.807, 2.05) is 13.8 Å². The van der Waals surface area contributed by atoms with Gasteiger partial charge in [0, 0.05) is 18.7 Å². The van der Waals surface area contributed by atoms with Crippen LogP contribution in [0.25, 0.3) is 0 Å². The number of aromatic nitrogens is 1. The predicted octanol–water partition coefficient (Wildman–Crippen LogP) is 1.72. The molecule has 0 radical (unpaired) electrons. The highest BCUT2D eigenvalue weighted by Crippen LogP contribution is 2.27. The van der Waals surface area contributed by atoms with Crippen molar-refractivity contribution < 1.29 is 19.2 Å². The molecule has 0 aromatic carbocycles. The molecule has 0 unspecified atom stereocenters. The highest BCUT2D eigenvalue weighted by molar-refractivity contribution is 5.84. The Balaban J connectivity index is 2.13. The molecule has 1 aliphatic heterocycles. The first kappa shape index (κ1) is 14.6. The fourth-order valence-electron chi connectivity index (χ4n) is 2.88. The molecule has 6 nitrogen and oxygen atoms in total. The van der Waals surface area contributed by atoms with Crippen LogP contribution in [-0.2, 0) is 9.59 Å². The van der Waals surface area contributed by atoms with Gasteiger partial charge in [0.25, 0.3) is 0 Å². The van der Waals surface area contributed by atoms with Gasteiger partial charge in [-0.1, -0.05) is 5.16 Å². The maximum atomic E-state index is 12.5. The summed E-state index contributed by atoms with van der Waals surface area (Å²) < 4.78 is 5.10. The summed E-state index contributed by atoms with van der Waals surface area (Å²) in [5, 5.41) is 13.0. The fraction of sp³-hybridized carbons (Fsp3) is 0.643. The molecule has 6 heteroatoms. The third kappa shape index (κ3) is 2.69. The highest BCUT2D eigenvalue weighted by atomic mass is 16.5. The lowest BCUT2D eigenvalue weighted by Gasteiger charge is -2.32. The topological polar surface area (TPSA) is 83.6 Å². The summed E-state index contributed by atoms with van der Waals surface area (Å²) >= 11 is 0. The number of aliphatic carboxylic acids is 1. The maximum absolute atomic E-state index is 12.5. The SMILES string of the molecule is Cc1noc(C)c1[C@@H](C)C(=O)N1CCC[C@@H](C(=O)O)C1. The van der Waals surface area contributed by atoms with Gasteiger partial charge in [0.05, 0.1) is 17.5 Å². The number of aryl methyl sites for hydroxylation is 2. The average Bonchev–Trinajstić information content (AvgIpc) is 2.76. The first-order valence-electron chi connectivity index (χ1n) is 6.86. The van der Waals surface area contributed by atoms with Crippen molar-refractivity contribution in [3.05, 3.63) is 17.0 Å². The summed E-state index contributed by atoms with van der Waals surface area (Å²) in [7, 11) is 0. The maximum Gasteiger partial charge on any atom is 0.308 e. The number of hydrogen-bond acceptors (Lipinski definition) is 4. The molecule has 110 valence electrons. The monoisotopic (exact) mass is 280 g/mol. The van der Waals surface area contributed by atoms with Crippen LogP contribution in [0.1, 0.15) is 42.7 Å². The van der Waals surface area contributed by atoms with E-state index < -0.39 is 11.9 Å². The lowest BCUT2D eigenvalue weighted by Crippen LogP contribution is -2.44. The Morgan fingerprint density at radius 3 is 2.70 bits per heavy atom. The van der Waals surface area contributed by atoms with Gasteiger partial charge in [0.15, 0.2) is 0 Å². The van der Waals surface area contributed by atoms with Gasteiger partial charge in [0.2, 0.25) is 5.91 Å². The van der Waals surface area contributed by atoms with Crippen molar-refractivity contribution in [2.24, 2.45) is 5.92 Å². The Morgan fingerprint density at radius 1 is 1.45 bits per heavy atom. The van der Waals surface area contributed by atoms with E-state index in [9.17, 15) is 9.59 Å². The summed E-state index contributed by atoms with van der Waals surface area (Å²) in [4.78, 5) is 25.3. The van der Waals surface area contributed by atoms with Gasteiger partial charge in [-0.3, -0.25) is 9.59 Å². The second kappa shape index (κ2) is 5.64. The molecule has 2 heterocycles. The van der Waals surface area contributed by atoms with Gasteiger partial charge in [-0.2, -0.15) is 0 Å². The molecule has 1 saturated heterocycles. The second-order valence-corrected chi connectivity index (χ2v) is 5.42. The number of carboxylic acids is 1. The molecule has 0 saturated carbocycles. The van der Waals surface area contributed by atoms with Crippen molar-refractivity contribution in [1.29, 1.82) is 0 Å². The molecule has 1 aromatic heterocycles. The van der Waals surface area contributed by atoms with Gasteiger partial charge in [0.1, 0.15) is 5.76 Å². The third-order valence-electron chi connectivity index (χ3n) is 3.97. The van der Waals surface area contributed by atoms with Crippen molar-refractivity contribution in [3.8, 4) is 0 Å². The van der Waals surface area contributed by atoms with Crippen LogP contribution in [0.4, 0.5) is 0 Å². The lowest BCUT2D eigenvalue weighted by molar-refractivity contribution is -0.146. The quantitative estimate of drug-likeness (QED) is 0.911. The summed E-state index contributed by atoms with van der Waals surface area (Å²) in [6, 6.07) is 0. The van der Waals surface area contributed by atoms with E-state index in [1.54, 1.807) is 11.8 Å². The van der Waals surface area contributed by atoms with Crippen LogP contribution in [0, 0.1) is 19.8 Å². The highest BCUT2D eigenvalue weighted by Gasteiger charge is 2.32. The van der Waals surface area contributed by atoms with Crippen LogP contribution in [0.5, 0.6) is 0 Å². The van der Waals surface area contributed by atoms with Gasteiger partial charge < -0.3 is 14.5 Å². The molecule has 20 heavy (non-hydrogen) atoms. The minimum absolute atomic E-state index is 0.0506. The van der Waals surface area contributed by atoms with Crippen molar-refractivity contribution in [2.75, 3.05) is 13.1 Å². The normalized spacial score (nSPS) is 20.8.